The number of carbonyl (C=O) groups excluding carboxylic acids is 1. The van der Waals surface area contributed by atoms with Gasteiger partial charge in [-0.1, -0.05) is 23.2 Å². The maximum Gasteiger partial charge on any atom is 0.292 e. The minimum atomic E-state index is -1.31. The van der Waals surface area contributed by atoms with Gasteiger partial charge in [0.2, 0.25) is 0 Å². The maximum atomic E-state index is 13.1. The molecular formula is C20H20ClNO4. The van der Waals surface area contributed by atoms with Crippen LogP contribution in [0.3, 0.4) is 0 Å². The third-order valence-electron chi connectivity index (χ3n) is 4.62. The van der Waals surface area contributed by atoms with Crippen LogP contribution >= 0.6 is 11.6 Å². The summed E-state index contributed by atoms with van der Waals surface area (Å²) in [5, 5.41) is 0.657. The van der Waals surface area contributed by atoms with Crippen LogP contribution in [0.4, 0.5) is 5.69 Å². The van der Waals surface area contributed by atoms with E-state index < -0.39 is 5.79 Å². The first-order valence-corrected chi connectivity index (χ1v) is 9.07. The number of hydrogen-bond donors (Lipinski definition) is 0. The first kappa shape index (κ1) is 17.3. The maximum absolute atomic E-state index is 13.1. The van der Waals surface area contributed by atoms with Crippen LogP contribution in [0.1, 0.15) is 17.5 Å². The first-order chi connectivity index (χ1) is 12.6. The molecule has 136 valence electrons. The quantitative estimate of drug-likeness (QED) is 0.820. The molecule has 0 aromatic heterocycles. The normalized spacial score (nSPS) is 18.2. The van der Waals surface area contributed by atoms with E-state index in [1.807, 2.05) is 25.1 Å². The van der Waals surface area contributed by atoms with E-state index in [-0.39, 0.29) is 5.91 Å². The molecule has 4 rings (SSSR count). The molecule has 5 nitrogen and oxygen atoms in total. The van der Waals surface area contributed by atoms with Crippen molar-refractivity contribution in [1.29, 1.82) is 0 Å². The van der Waals surface area contributed by atoms with E-state index in [0.29, 0.717) is 37.1 Å². The van der Waals surface area contributed by atoms with Gasteiger partial charge in [-0.2, -0.15) is 0 Å². The Labute approximate surface area is 157 Å². The third kappa shape index (κ3) is 2.96. The second-order valence-electron chi connectivity index (χ2n) is 6.45. The van der Waals surface area contributed by atoms with Gasteiger partial charge in [0.15, 0.2) is 0 Å². The van der Waals surface area contributed by atoms with E-state index in [2.05, 4.69) is 0 Å². The molecule has 1 saturated heterocycles. The van der Waals surface area contributed by atoms with Crippen LogP contribution in [-0.2, 0) is 20.1 Å². The molecule has 0 N–H and O–H groups in total. The van der Waals surface area contributed by atoms with Crippen molar-refractivity contribution in [3.63, 3.8) is 0 Å². The van der Waals surface area contributed by atoms with Crippen LogP contribution in [-0.4, -0.2) is 32.3 Å². The molecule has 0 atom stereocenters. The molecular weight excluding hydrogens is 354 g/mol. The van der Waals surface area contributed by atoms with E-state index >= 15 is 0 Å². The second kappa shape index (κ2) is 6.91. The van der Waals surface area contributed by atoms with E-state index in [1.54, 1.807) is 29.2 Å². The van der Waals surface area contributed by atoms with Crippen LogP contribution in [0.2, 0.25) is 5.02 Å². The van der Waals surface area contributed by atoms with Gasteiger partial charge in [-0.25, -0.2) is 0 Å². The number of amides is 1. The highest BCUT2D eigenvalue weighted by Gasteiger charge is 2.54. The number of rotatable bonds is 4. The first-order valence-electron chi connectivity index (χ1n) is 8.69. The standard InChI is InChI=1S/C20H20ClNO4/c1-14-3-8-18-17(13-14)20(25-10-2-11-26-20)19(23)22(18)9-12-24-16-6-4-15(21)5-7-16/h3-8,13H,2,9-12H2,1H3. The summed E-state index contributed by atoms with van der Waals surface area (Å²) in [5.74, 6) is -0.776. The molecule has 1 amide bonds. The zero-order valence-electron chi connectivity index (χ0n) is 14.5. The fourth-order valence-electron chi connectivity index (χ4n) is 3.37. The average Bonchev–Trinajstić information content (AvgIpc) is 2.86. The van der Waals surface area contributed by atoms with Crippen molar-refractivity contribution in [2.45, 2.75) is 19.1 Å². The molecule has 0 aliphatic carbocycles. The van der Waals surface area contributed by atoms with E-state index in [9.17, 15) is 4.79 Å². The monoisotopic (exact) mass is 373 g/mol. The predicted octanol–water partition coefficient (Wildman–Crippen LogP) is 3.66. The average molecular weight is 374 g/mol. The Kier molecular flexibility index (Phi) is 4.61. The number of aryl methyl sites for hydroxylation is 1. The highest BCUT2D eigenvalue weighted by Crippen LogP contribution is 2.45. The molecule has 6 heteroatoms. The Bertz CT molecular complexity index is 815. The van der Waals surface area contributed by atoms with E-state index in [4.69, 9.17) is 25.8 Å². The number of anilines is 1. The SMILES string of the molecule is Cc1ccc2c(c1)C1(OCCCO1)C(=O)N2CCOc1ccc(Cl)cc1. The van der Waals surface area contributed by atoms with Gasteiger partial charge in [0.1, 0.15) is 12.4 Å². The van der Waals surface area contributed by atoms with Crippen LogP contribution < -0.4 is 9.64 Å². The molecule has 2 aromatic carbocycles. The molecule has 0 bridgehead atoms. The summed E-state index contributed by atoms with van der Waals surface area (Å²) in [6, 6.07) is 13.1. The minimum absolute atomic E-state index is 0.183. The number of nitrogens with zero attached hydrogens (tertiary/aromatic N) is 1. The van der Waals surface area contributed by atoms with Gasteiger partial charge < -0.3 is 19.1 Å². The molecule has 2 aromatic rings. The van der Waals surface area contributed by atoms with Crippen LogP contribution in [0.5, 0.6) is 5.75 Å². The summed E-state index contributed by atoms with van der Waals surface area (Å²) < 4.78 is 17.5. The summed E-state index contributed by atoms with van der Waals surface area (Å²) in [7, 11) is 0. The molecule has 0 saturated carbocycles. The predicted molar refractivity (Wildman–Crippen MR) is 98.7 cm³/mol. The Hall–Kier alpha value is -2.08. The van der Waals surface area contributed by atoms with Crippen molar-refractivity contribution in [3.8, 4) is 5.75 Å². The van der Waals surface area contributed by atoms with Gasteiger partial charge in [0.05, 0.1) is 25.4 Å². The van der Waals surface area contributed by atoms with Gasteiger partial charge in [0, 0.05) is 10.6 Å². The zero-order chi connectivity index (χ0) is 18.1. The lowest BCUT2D eigenvalue weighted by molar-refractivity contribution is -0.256. The number of ether oxygens (including phenoxy) is 3. The molecule has 2 aliphatic rings. The van der Waals surface area contributed by atoms with Crippen molar-refractivity contribution < 1.29 is 19.0 Å². The minimum Gasteiger partial charge on any atom is -0.492 e. The number of fused-ring (bicyclic) bond motifs is 2. The fraction of sp³-hybridized carbons (Fsp3) is 0.350. The molecule has 1 fully saturated rings. The Morgan fingerprint density at radius 3 is 2.62 bits per heavy atom. The molecule has 26 heavy (non-hydrogen) atoms. The lowest BCUT2D eigenvalue weighted by Gasteiger charge is -2.32. The summed E-state index contributed by atoms with van der Waals surface area (Å²) in [6.07, 6.45) is 0.788. The van der Waals surface area contributed by atoms with Crippen LogP contribution in [0, 0.1) is 6.92 Å². The highest BCUT2D eigenvalue weighted by atomic mass is 35.5. The smallest absolute Gasteiger partial charge is 0.292 e. The summed E-state index contributed by atoms with van der Waals surface area (Å²) in [4.78, 5) is 14.8. The Morgan fingerprint density at radius 1 is 1.15 bits per heavy atom. The second-order valence-corrected chi connectivity index (χ2v) is 6.88. The van der Waals surface area contributed by atoms with Gasteiger partial charge >= 0.3 is 0 Å². The molecule has 0 radical (unpaired) electrons. The number of hydrogen-bond acceptors (Lipinski definition) is 4. The van der Waals surface area contributed by atoms with Crippen molar-refractivity contribution >= 4 is 23.2 Å². The van der Waals surface area contributed by atoms with Gasteiger partial charge in [-0.3, -0.25) is 4.79 Å². The highest BCUT2D eigenvalue weighted by molar-refractivity contribution is 6.30. The molecule has 2 aliphatic heterocycles. The fourth-order valence-corrected chi connectivity index (χ4v) is 3.50. The van der Waals surface area contributed by atoms with Crippen molar-refractivity contribution in [2.24, 2.45) is 0 Å². The number of carbonyl (C=O) groups is 1. The van der Waals surface area contributed by atoms with Crippen molar-refractivity contribution in [3.05, 3.63) is 58.6 Å². The lowest BCUT2D eigenvalue weighted by atomic mass is 10.0. The largest absolute Gasteiger partial charge is 0.492 e. The number of halogens is 1. The Morgan fingerprint density at radius 2 is 1.88 bits per heavy atom. The van der Waals surface area contributed by atoms with Crippen LogP contribution in [0.15, 0.2) is 42.5 Å². The Balaban J connectivity index is 1.55. The summed E-state index contributed by atoms with van der Waals surface area (Å²) >= 11 is 5.88. The molecule has 2 heterocycles. The summed E-state index contributed by atoms with van der Waals surface area (Å²) in [5.41, 5.74) is 2.67. The van der Waals surface area contributed by atoms with Crippen molar-refractivity contribution in [2.75, 3.05) is 31.3 Å². The van der Waals surface area contributed by atoms with Gasteiger partial charge in [0.25, 0.3) is 11.7 Å². The molecule has 0 unspecified atom stereocenters. The number of benzene rings is 2. The topological polar surface area (TPSA) is 48.0 Å². The zero-order valence-corrected chi connectivity index (χ0v) is 15.3. The van der Waals surface area contributed by atoms with E-state index in [0.717, 1.165) is 23.2 Å². The van der Waals surface area contributed by atoms with E-state index in [1.165, 1.54) is 0 Å². The summed E-state index contributed by atoms with van der Waals surface area (Å²) in [6.45, 7) is 3.78. The van der Waals surface area contributed by atoms with Gasteiger partial charge in [-0.15, -0.1) is 0 Å². The third-order valence-corrected chi connectivity index (χ3v) is 4.87. The van der Waals surface area contributed by atoms with Gasteiger partial charge in [-0.05, 0) is 49.7 Å². The van der Waals surface area contributed by atoms with Crippen LogP contribution in [0.25, 0.3) is 0 Å². The molecule has 1 spiro atoms. The lowest BCUT2D eigenvalue weighted by Crippen LogP contribution is -2.48. The van der Waals surface area contributed by atoms with Crippen molar-refractivity contribution in [1.82, 2.24) is 0 Å².